The summed E-state index contributed by atoms with van der Waals surface area (Å²) in [6.45, 7) is 3.50. The zero-order valence-electron chi connectivity index (χ0n) is 7.70. The van der Waals surface area contributed by atoms with E-state index in [-0.39, 0.29) is 11.7 Å². The van der Waals surface area contributed by atoms with Crippen LogP contribution in [0.5, 0.6) is 11.5 Å². The first-order chi connectivity index (χ1) is 6.13. The predicted molar refractivity (Wildman–Crippen MR) is 48.8 cm³/mol. The number of aromatic hydroxyl groups is 1. The third-order valence-corrected chi connectivity index (χ3v) is 1.70. The summed E-state index contributed by atoms with van der Waals surface area (Å²) in [6.07, 6.45) is 0.328. The number of hydrogen-bond donors (Lipinski definition) is 1. The lowest BCUT2D eigenvalue weighted by Crippen LogP contribution is -2.05. The van der Waals surface area contributed by atoms with Crippen molar-refractivity contribution < 1.29 is 14.6 Å². The second-order valence-electron chi connectivity index (χ2n) is 2.78. The van der Waals surface area contributed by atoms with Crippen molar-refractivity contribution in [2.45, 2.75) is 20.3 Å². The molecule has 0 fully saturated rings. The first kappa shape index (κ1) is 9.58. The molecule has 1 N–H and O–H groups in total. The number of benzene rings is 1. The monoisotopic (exact) mass is 180 g/mol. The number of phenols is 1. The van der Waals surface area contributed by atoms with Gasteiger partial charge in [-0.15, -0.1) is 0 Å². The van der Waals surface area contributed by atoms with E-state index in [2.05, 4.69) is 0 Å². The summed E-state index contributed by atoms with van der Waals surface area (Å²) in [4.78, 5) is 10.9. The quantitative estimate of drug-likeness (QED) is 0.559. The molecule has 0 aliphatic heterocycles. The summed E-state index contributed by atoms with van der Waals surface area (Å²) in [6, 6.07) is 4.79. The van der Waals surface area contributed by atoms with Gasteiger partial charge in [-0.25, -0.2) is 0 Å². The van der Waals surface area contributed by atoms with Gasteiger partial charge >= 0.3 is 5.97 Å². The van der Waals surface area contributed by atoms with E-state index in [1.54, 1.807) is 26.0 Å². The van der Waals surface area contributed by atoms with Crippen LogP contribution in [0.4, 0.5) is 0 Å². The molecule has 0 unspecified atom stereocenters. The van der Waals surface area contributed by atoms with E-state index < -0.39 is 0 Å². The molecule has 13 heavy (non-hydrogen) atoms. The van der Waals surface area contributed by atoms with Crippen LogP contribution in [-0.2, 0) is 4.79 Å². The van der Waals surface area contributed by atoms with Crippen molar-refractivity contribution in [3.63, 3.8) is 0 Å². The summed E-state index contributed by atoms with van der Waals surface area (Å²) in [5.74, 6) is 0.222. The van der Waals surface area contributed by atoms with Crippen LogP contribution in [0, 0.1) is 6.92 Å². The Labute approximate surface area is 77.0 Å². The number of aryl methyl sites for hydroxylation is 1. The minimum Gasteiger partial charge on any atom is -0.508 e. The van der Waals surface area contributed by atoms with E-state index in [1.165, 1.54) is 6.07 Å². The average Bonchev–Trinajstić information content (AvgIpc) is 2.11. The second-order valence-corrected chi connectivity index (χ2v) is 2.78. The predicted octanol–water partition coefficient (Wildman–Crippen LogP) is 2.02. The van der Waals surface area contributed by atoms with Gasteiger partial charge in [0.05, 0.1) is 0 Å². The van der Waals surface area contributed by atoms with Crippen molar-refractivity contribution in [2.24, 2.45) is 0 Å². The molecule has 1 rings (SSSR count). The minimum absolute atomic E-state index is 0.140. The highest BCUT2D eigenvalue weighted by Crippen LogP contribution is 2.22. The zero-order valence-corrected chi connectivity index (χ0v) is 7.70. The van der Waals surface area contributed by atoms with E-state index in [0.717, 1.165) is 5.56 Å². The topological polar surface area (TPSA) is 46.5 Å². The Morgan fingerprint density at radius 2 is 2.23 bits per heavy atom. The molecule has 3 heteroatoms. The number of phenolic OH excluding ortho intramolecular Hbond substituents is 1. The van der Waals surface area contributed by atoms with Crippen LogP contribution in [0.3, 0.4) is 0 Å². The van der Waals surface area contributed by atoms with Crippen molar-refractivity contribution in [1.82, 2.24) is 0 Å². The van der Waals surface area contributed by atoms with Gasteiger partial charge in [-0.2, -0.15) is 0 Å². The van der Waals surface area contributed by atoms with Gasteiger partial charge in [-0.1, -0.05) is 13.0 Å². The Morgan fingerprint density at radius 1 is 1.54 bits per heavy atom. The average molecular weight is 180 g/mol. The molecule has 0 atom stereocenters. The van der Waals surface area contributed by atoms with Gasteiger partial charge in [0.1, 0.15) is 11.5 Å². The molecule has 0 saturated carbocycles. The lowest BCUT2D eigenvalue weighted by Gasteiger charge is -2.04. The number of esters is 1. The Bertz CT molecular complexity index is 318. The third kappa shape index (κ3) is 2.47. The maximum Gasteiger partial charge on any atom is 0.310 e. The van der Waals surface area contributed by atoms with Crippen LogP contribution in [0.25, 0.3) is 0 Å². The molecule has 0 aromatic heterocycles. The van der Waals surface area contributed by atoms with Crippen LogP contribution in [0.1, 0.15) is 18.9 Å². The maximum atomic E-state index is 10.9. The summed E-state index contributed by atoms with van der Waals surface area (Å²) in [7, 11) is 0. The molecule has 0 aliphatic rings. The highest BCUT2D eigenvalue weighted by molar-refractivity contribution is 5.72. The van der Waals surface area contributed by atoms with Gasteiger partial charge in [0.15, 0.2) is 0 Å². The first-order valence-electron chi connectivity index (χ1n) is 4.13. The largest absolute Gasteiger partial charge is 0.508 e. The van der Waals surface area contributed by atoms with E-state index >= 15 is 0 Å². The fourth-order valence-corrected chi connectivity index (χ4v) is 0.856. The van der Waals surface area contributed by atoms with Crippen molar-refractivity contribution in [1.29, 1.82) is 0 Å². The zero-order chi connectivity index (χ0) is 9.84. The smallest absolute Gasteiger partial charge is 0.310 e. The Hall–Kier alpha value is -1.51. The summed E-state index contributed by atoms with van der Waals surface area (Å²) < 4.78 is 4.90. The number of ether oxygens (including phenoxy) is 1. The van der Waals surface area contributed by atoms with Crippen LogP contribution in [-0.4, -0.2) is 11.1 Å². The van der Waals surface area contributed by atoms with Crippen LogP contribution in [0.2, 0.25) is 0 Å². The highest BCUT2D eigenvalue weighted by atomic mass is 16.5. The van der Waals surface area contributed by atoms with E-state index in [0.29, 0.717) is 12.2 Å². The molecule has 70 valence electrons. The number of hydrogen-bond acceptors (Lipinski definition) is 3. The SMILES string of the molecule is CCC(=O)Oc1ccc(C)c(O)c1. The number of carbonyl (C=O) groups is 1. The molecule has 0 saturated heterocycles. The van der Waals surface area contributed by atoms with Gasteiger partial charge in [0.25, 0.3) is 0 Å². The number of carbonyl (C=O) groups excluding carboxylic acids is 1. The van der Waals surface area contributed by atoms with Crippen molar-refractivity contribution in [3.8, 4) is 11.5 Å². The highest BCUT2D eigenvalue weighted by Gasteiger charge is 2.03. The molecule has 0 aliphatic carbocycles. The lowest BCUT2D eigenvalue weighted by atomic mass is 10.2. The van der Waals surface area contributed by atoms with Gasteiger partial charge in [0, 0.05) is 12.5 Å². The molecule has 0 heterocycles. The van der Waals surface area contributed by atoms with E-state index in [1.807, 2.05) is 0 Å². The summed E-state index contributed by atoms with van der Waals surface area (Å²) in [5, 5.41) is 9.29. The number of rotatable bonds is 2. The second kappa shape index (κ2) is 3.94. The third-order valence-electron chi connectivity index (χ3n) is 1.70. The van der Waals surface area contributed by atoms with Crippen LogP contribution >= 0.6 is 0 Å². The molecule has 0 spiro atoms. The minimum atomic E-state index is -0.303. The fourth-order valence-electron chi connectivity index (χ4n) is 0.856. The standard InChI is InChI=1S/C10H12O3/c1-3-10(12)13-8-5-4-7(2)9(11)6-8/h4-6,11H,3H2,1-2H3. The van der Waals surface area contributed by atoms with Gasteiger partial charge < -0.3 is 9.84 Å². The molecular weight excluding hydrogens is 168 g/mol. The normalized spacial score (nSPS) is 9.69. The van der Waals surface area contributed by atoms with Gasteiger partial charge in [-0.05, 0) is 18.6 Å². The van der Waals surface area contributed by atoms with E-state index in [4.69, 9.17) is 4.74 Å². The summed E-state index contributed by atoms with van der Waals surface area (Å²) in [5.41, 5.74) is 0.760. The molecule has 0 radical (unpaired) electrons. The molecule has 3 nitrogen and oxygen atoms in total. The lowest BCUT2D eigenvalue weighted by molar-refractivity contribution is -0.134. The maximum absolute atomic E-state index is 10.9. The van der Waals surface area contributed by atoms with Gasteiger partial charge in [0.2, 0.25) is 0 Å². The van der Waals surface area contributed by atoms with Crippen molar-refractivity contribution >= 4 is 5.97 Å². The van der Waals surface area contributed by atoms with E-state index in [9.17, 15) is 9.90 Å². The Morgan fingerprint density at radius 3 is 2.77 bits per heavy atom. The first-order valence-corrected chi connectivity index (χ1v) is 4.13. The van der Waals surface area contributed by atoms with Crippen molar-refractivity contribution in [3.05, 3.63) is 23.8 Å². The molecule has 1 aromatic rings. The molecular formula is C10H12O3. The molecule has 0 bridgehead atoms. The van der Waals surface area contributed by atoms with Gasteiger partial charge in [-0.3, -0.25) is 4.79 Å². The van der Waals surface area contributed by atoms with Crippen molar-refractivity contribution in [2.75, 3.05) is 0 Å². The Balaban J connectivity index is 2.79. The van der Waals surface area contributed by atoms with Crippen LogP contribution in [0.15, 0.2) is 18.2 Å². The molecule has 1 aromatic carbocycles. The fraction of sp³-hybridized carbons (Fsp3) is 0.300. The van der Waals surface area contributed by atoms with Crippen LogP contribution < -0.4 is 4.74 Å². The molecule has 0 amide bonds. The summed E-state index contributed by atoms with van der Waals surface area (Å²) >= 11 is 0. The Kier molecular flexibility index (Phi) is 2.90.